The first-order valence-corrected chi connectivity index (χ1v) is 8.11. The van der Waals surface area contributed by atoms with Crippen molar-refractivity contribution in [1.29, 1.82) is 0 Å². The summed E-state index contributed by atoms with van der Waals surface area (Å²) in [7, 11) is 0. The van der Waals surface area contributed by atoms with Gasteiger partial charge in [-0.1, -0.05) is 11.6 Å². The Kier molecular flexibility index (Phi) is 3.38. The summed E-state index contributed by atoms with van der Waals surface area (Å²) in [5.41, 5.74) is 0.195. The fourth-order valence-corrected chi connectivity index (χ4v) is 3.58. The summed E-state index contributed by atoms with van der Waals surface area (Å²) in [6.07, 6.45) is 3.81. The fourth-order valence-electron chi connectivity index (χ4n) is 3.43. The van der Waals surface area contributed by atoms with Crippen molar-refractivity contribution in [1.82, 2.24) is 10.6 Å². The Morgan fingerprint density at radius 3 is 2.68 bits per heavy atom. The smallest absolute Gasteiger partial charge is 0.237 e. The molecule has 1 saturated heterocycles. The lowest BCUT2D eigenvalue weighted by Gasteiger charge is -2.22. The highest BCUT2D eigenvalue weighted by molar-refractivity contribution is 6.30. The second-order valence-electron chi connectivity index (χ2n) is 6.67. The van der Waals surface area contributed by atoms with Crippen LogP contribution in [0.1, 0.15) is 37.3 Å². The SMILES string of the molecule is O=C(N[C@@H](c1cc(F)c(Cl)cc1F)C1CC1)C1C[C@H]2CC2N1. The maximum absolute atomic E-state index is 14.1. The van der Waals surface area contributed by atoms with Crippen molar-refractivity contribution in [3.05, 3.63) is 34.4 Å². The molecule has 6 heteroatoms. The first-order chi connectivity index (χ1) is 10.5. The van der Waals surface area contributed by atoms with Crippen LogP contribution in [0.15, 0.2) is 12.1 Å². The molecule has 3 fully saturated rings. The second kappa shape index (κ2) is 5.17. The molecule has 1 aromatic rings. The zero-order chi connectivity index (χ0) is 15.4. The van der Waals surface area contributed by atoms with E-state index in [0.717, 1.165) is 37.8 Å². The van der Waals surface area contributed by atoms with Crippen molar-refractivity contribution in [2.75, 3.05) is 0 Å². The van der Waals surface area contributed by atoms with Crippen molar-refractivity contribution in [3.8, 4) is 0 Å². The van der Waals surface area contributed by atoms with Crippen molar-refractivity contribution < 1.29 is 13.6 Å². The van der Waals surface area contributed by atoms with Crippen LogP contribution >= 0.6 is 11.6 Å². The Morgan fingerprint density at radius 1 is 1.27 bits per heavy atom. The Hall–Kier alpha value is -1.20. The number of hydrogen-bond donors (Lipinski definition) is 2. The highest BCUT2D eigenvalue weighted by atomic mass is 35.5. The molecule has 118 valence electrons. The van der Waals surface area contributed by atoms with Crippen molar-refractivity contribution >= 4 is 17.5 Å². The van der Waals surface area contributed by atoms with Crippen LogP contribution in [-0.4, -0.2) is 18.0 Å². The van der Waals surface area contributed by atoms with E-state index < -0.39 is 17.7 Å². The quantitative estimate of drug-likeness (QED) is 0.835. The molecule has 3 nitrogen and oxygen atoms in total. The molecule has 2 aliphatic carbocycles. The van der Waals surface area contributed by atoms with Crippen LogP contribution in [0.4, 0.5) is 8.78 Å². The molecular weight excluding hydrogens is 310 g/mol. The van der Waals surface area contributed by atoms with Crippen LogP contribution in [0.2, 0.25) is 5.02 Å². The molecule has 0 bridgehead atoms. The number of rotatable bonds is 4. The number of amides is 1. The topological polar surface area (TPSA) is 41.1 Å². The maximum atomic E-state index is 14.1. The molecule has 4 atom stereocenters. The van der Waals surface area contributed by atoms with Gasteiger partial charge in [0.2, 0.25) is 5.91 Å². The summed E-state index contributed by atoms with van der Waals surface area (Å²) < 4.78 is 27.8. The Bertz CT molecular complexity index is 625. The van der Waals surface area contributed by atoms with Gasteiger partial charge in [-0.2, -0.15) is 0 Å². The number of carbonyl (C=O) groups is 1. The summed E-state index contributed by atoms with van der Waals surface area (Å²) in [6, 6.07) is 1.89. The molecule has 2 saturated carbocycles. The molecule has 1 aromatic carbocycles. The minimum Gasteiger partial charge on any atom is -0.348 e. The van der Waals surface area contributed by atoms with Gasteiger partial charge in [0.05, 0.1) is 17.1 Å². The molecule has 2 N–H and O–H groups in total. The normalized spacial score (nSPS) is 30.8. The summed E-state index contributed by atoms with van der Waals surface area (Å²) >= 11 is 5.60. The number of hydrogen-bond acceptors (Lipinski definition) is 2. The summed E-state index contributed by atoms with van der Waals surface area (Å²) in [5.74, 6) is -0.544. The first-order valence-electron chi connectivity index (χ1n) is 7.74. The standard InChI is InChI=1S/C16H17ClF2N2O/c17-10-6-11(18)9(5-12(10)19)15(7-1-2-7)21-16(22)14-4-8-3-13(8)20-14/h5-8,13-15,20H,1-4H2,(H,21,22)/t8-,13?,14?,15-/m1/s1. The minimum atomic E-state index is -0.654. The number of benzene rings is 1. The third kappa shape index (κ3) is 2.61. The van der Waals surface area contributed by atoms with Gasteiger partial charge in [0, 0.05) is 11.6 Å². The molecule has 1 amide bonds. The van der Waals surface area contributed by atoms with Crippen molar-refractivity contribution in [3.63, 3.8) is 0 Å². The predicted octanol–water partition coefficient (Wildman–Crippen LogP) is 2.94. The number of halogens is 3. The largest absolute Gasteiger partial charge is 0.348 e. The van der Waals surface area contributed by atoms with E-state index in [1.165, 1.54) is 0 Å². The van der Waals surface area contributed by atoms with E-state index in [-0.39, 0.29) is 28.5 Å². The maximum Gasteiger partial charge on any atom is 0.237 e. The van der Waals surface area contributed by atoms with Crippen LogP contribution in [-0.2, 0) is 4.79 Å². The number of nitrogens with one attached hydrogen (secondary N) is 2. The number of piperidine rings is 1. The molecule has 22 heavy (non-hydrogen) atoms. The Morgan fingerprint density at radius 2 is 2.05 bits per heavy atom. The van der Waals surface area contributed by atoms with Gasteiger partial charge < -0.3 is 10.6 Å². The van der Waals surface area contributed by atoms with E-state index in [4.69, 9.17) is 11.6 Å². The van der Waals surface area contributed by atoms with E-state index in [1.807, 2.05) is 0 Å². The van der Waals surface area contributed by atoms with Gasteiger partial charge in [0.15, 0.2) is 0 Å². The third-order valence-corrected chi connectivity index (χ3v) is 5.25. The van der Waals surface area contributed by atoms with Crippen LogP contribution in [0.5, 0.6) is 0 Å². The molecular formula is C16H17ClF2N2O. The van der Waals surface area contributed by atoms with Gasteiger partial charge in [0.25, 0.3) is 0 Å². The lowest BCUT2D eigenvalue weighted by molar-refractivity contribution is -0.124. The van der Waals surface area contributed by atoms with E-state index in [9.17, 15) is 13.6 Å². The number of fused-ring (bicyclic) bond motifs is 1. The molecule has 0 aromatic heterocycles. The average molecular weight is 327 g/mol. The lowest BCUT2D eigenvalue weighted by atomic mass is 10.0. The summed E-state index contributed by atoms with van der Waals surface area (Å²) in [4.78, 5) is 12.4. The molecule has 1 aliphatic heterocycles. The molecule has 2 unspecified atom stereocenters. The van der Waals surface area contributed by atoms with Gasteiger partial charge in [-0.25, -0.2) is 8.78 Å². The van der Waals surface area contributed by atoms with Crippen LogP contribution in [0, 0.1) is 23.5 Å². The molecule has 3 aliphatic rings. The third-order valence-electron chi connectivity index (χ3n) is 4.96. The van der Waals surface area contributed by atoms with Gasteiger partial charge in [0.1, 0.15) is 11.6 Å². The van der Waals surface area contributed by atoms with Crippen molar-refractivity contribution in [2.24, 2.45) is 11.8 Å². The zero-order valence-electron chi connectivity index (χ0n) is 11.9. The van der Waals surface area contributed by atoms with E-state index >= 15 is 0 Å². The zero-order valence-corrected chi connectivity index (χ0v) is 12.7. The Balaban J connectivity index is 1.53. The highest BCUT2D eigenvalue weighted by Gasteiger charge is 2.48. The second-order valence-corrected chi connectivity index (χ2v) is 7.08. The average Bonchev–Trinajstić information content (AvgIpc) is 3.40. The van der Waals surface area contributed by atoms with Gasteiger partial charge in [-0.15, -0.1) is 0 Å². The first kappa shape index (κ1) is 14.4. The lowest BCUT2D eigenvalue weighted by Crippen LogP contribution is -2.44. The monoisotopic (exact) mass is 326 g/mol. The van der Waals surface area contributed by atoms with E-state index in [1.54, 1.807) is 0 Å². The summed E-state index contributed by atoms with van der Waals surface area (Å²) in [5, 5.41) is 5.96. The Labute approximate surface area is 132 Å². The molecule has 0 spiro atoms. The van der Waals surface area contributed by atoms with Gasteiger partial charge in [-0.3, -0.25) is 4.79 Å². The number of carbonyl (C=O) groups excluding carboxylic acids is 1. The van der Waals surface area contributed by atoms with E-state index in [2.05, 4.69) is 10.6 Å². The van der Waals surface area contributed by atoms with E-state index in [0.29, 0.717) is 12.0 Å². The minimum absolute atomic E-state index is 0.112. The van der Waals surface area contributed by atoms with Crippen LogP contribution in [0.3, 0.4) is 0 Å². The molecule has 4 rings (SSSR count). The summed E-state index contributed by atoms with van der Waals surface area (Å²) in [6.45, 7) is 0. The fraction of sp³-hybridized carbons (Fsp3) is 0.562. The molecule has 0 radical (unpaired) electrons. The molecule has 1 heterocycles. The van der Waals surface area contributed by atoms with Crippen LogP contribution in [0.25, 0.3) is 0 Å². The predicted molar refractivity (Wildman–Crippen MR) is 78.4 cm³/mol. The highest BCUT2D eigenvalue weighted by Crippen LogP contribution is 2.44. The van der Waals surface area contributed by atoms with Crippen LogP contribution < -0.4 is 10.6 Å². The van der Waals surface area contributed by atoms with Gasteiger partial charge in [-0.05, 0) is 49.7 Å². The van der Waals surface area contributed by atoms with Crippen molar-refractivity contribution in [2.45, 2.75) is 43.8 Å². The van der Waals surface area contributed by atoms with Gasteiger partial charge >= 0.3 is 0 Å².